The highest BCUT2D eigenvalue weighted by Gasteiger charge is 2.31. The van der Waals surface area contributed by atoms with Crippen LogP contribution in [0.15, 0.2) is 42.5 Å². The Morgan fingerprint density at radius 3 is 2.22 bits per heavy atom. The molecule has 2 aliphatic heterocycles. The summed E-state index contributed by atoms with van der Waals surface area (Å²) in [6.45, 7) is 4.06. The maximum atomic E-state index is 13.6. The summed E-state index contributed by atoms with van der Waals surface area (Å²) < 4.78 is 13.6. The molecule has 7 nitrogen and oxygen atoms in total. The number of rotatable bonds is 5. The standard InChI is InChI=1S/C28H33FN4O3/c29-22-9-5-8-21(18-22)26(34)30-23-10-11-25(24(19-23)28(36)32-12-3-4-13-32)31-14-16-33(17-15-31)27(35)20-6-1-2-7-20/h5,8-11,18-20H,1-4,6-7,12-17H2,(H,30,34). The summed E-state index contributed by atoms with van der Waals surface area (Å²) in [4.78, 5) is 45.0. The summed E-state index contributed by atoms with van der Waals surface area (Å²) in [6, 6.07) is 10.9. The van der Waals surface area contributed by atoms with E-state index in [4.69, 9.17) is 0 Å². The van der Waals surface area contributed by atoms with Crippen molar-refractivity contribution in [2.24, 2.45) is 5.92 Å². The van der Waals surface area contributed by atoms with E-state index in [2.05, 4.69) is 10.2 Å². The van der Waals surface area contributed by atoms with Crippen molar-refractivity contribution in [2.75, 3.05) is 49.5 Å². The third-order valence-corrected chi connectivity index (χ3v) is 7.60. The fourth-order valence-electron chi connectivity index (χ4n) is 5.58. The first-order valence-electron chi connectivity index (χ1n) is 13.0. The van der Waals surface area contributed by atoms with Crippen molar-refractivity contribution in [3.63, 3.8) is 0 Å². The van der Waals surface area contributed by atoms with Crippen molar-refractivity contribution >= 4 is 29.1 Å². The molecule has 36 heavy (non-hydrogen) atoms. The molecule has 0 bridgehead atoms. The molecule has 2 aromatic carbocycles. The van der Waals surface area contributed by atoms with Crippen LogP contribution in [0.2, 0.25) is 0 Å². The molecule has 8 heteroatoms. The minimum absolute atomic E-state index is 0.0474. The lowest BCUT2D eigenvalue weighted by Crippen LogP contribution is -2.50. The molecule has 3 fully saturated rings. The lowest BCUT2D eigenvalue weighted by atomic mass is 10.1. The molecule has 3 amide bonds. The number of carbonyl (C=O) groups excluding carboxylic acids is 3. The zero-order chi connectivity index (χ0) is 25.1. The average Bonchev–Trinajstić information content (AvgIpc) is 3.63. The van der Waals surface area contributed by atoms with Gasteiger partial charge in [0.25, 0.3) is 11.8 Å². The van der Waals surface area contributed by atoms with E-state index in [0.717, 1.165) is 57.3 Å². The first-order valence-corrected chi connectivity index (χ1v) is 13.0. The van der Waals surface area contributed by atoms with Gasteiger partial charge in [0, 0.05) is 62.1 Å². The van der Waals surface area contributed by atoms with E-state index in [1.54, 1.807) is 18.2 Å². The number of nitrogens with one attached hydrogen (secondary N) is 1. The molecule has 0 unspecified atom stereocenters. The lowest BCUT2D eigenvalue weighted by molar-refractivity contribution is -0.135. The highest BCUT2D eigenvalue weighted by Crippen LogP contribution is 2.30. The van der Waals surface area contributed by atoms with Gasteiger partial charge >= 0.3 is 0 Å². The summed E-state index contributed by atoms with van der Waals surface area (Å²) in [5.41, 5.74) is 2.08. The fraction of sp³-hybridized carbons (Fsp3) is 0.464. The van der Waals surface area contributed by atoms with Gasteiger partial charge in [-0.2, -0.15) is 0 Å². The predicted molar refractivity (Wildman–Crippen MR) is 137 cm³/mol. The van der Waals surface area contributed by atoms with E-state index < -0.39 is 11.7 Å². The van der Waals surface area contributed by atoms with Crippen LogP contribution in [0, 0.1) is 11.7 Å². The lowest BCUT2D eigenvalue weighted by Gasteiger charge is -2.38. The number of likely N-dealkylation sites (tertiary alicyclic amines) is 1. The average molecular weight is 493 g/mol. The third-order valence-electron chi connectivity index (χ3n) is 7.60. The first kappa shape index (κ1) is 24.3. The third kappa shape index (κ3) is 5.22. The van der Waals surface area contributed by atoms with Crippen LogP contribution in [0.4, 0.5) is 15.8 Å². The Morgan fingerprint density at radius 2 is 1.53 bits per heavy atom. The Balaban J connectivity index is 1.34. The van der Waals surface area contributed by atoms with Gasteiger partial charge in [0.2, 0.25) is 5.91 Å². The van der Waals surface area contributed by atoms with Crippen LogP contribution in [0.3, 0.4) is 0 Å². The summed E-state index contributed by atoms with van der Waals surface area (Å²) >= 11 is 0. The molecule has 0 atom stereocenters. The fourth-order valence-corrected chi connectivity index (χ4v) is 5.58. The molecule has 0 radical (unpaired) electrons. The van der Waals surface area contributed by atoms with Crippen molar-refractivity contribution < 1.29 is 18.8 Å². The van der Waals surface area contributed by atoms with Gasteiger partial charge in [-0.1, -0.05) is 18.9 Å². The summed E-state index contributed by atoms with van der Waals surface area (Å²) in [5, 5.41) is 2.81. The molecule has 3 aliphatic rings. The summed E-state index contributed by atoms with van der Waals surface area (Å²) in [7, 11) is 0. The largest absolute Gasteiger partial charge is 0.367 e. The number of hydrogen-bond donors (Lipinski definition) is 1. The van der Waals surface area contributed by atoms with Crippen LogP contribution in [0.25, 0.3) is 0 Å². The molecule has 5 rings (SSSR count). The van der Waals surface area contributed by atoms with Gasteiger partial charge < -0.3 is 20.0 Å². The number of halogens is 1. The van der Waals surface area contributed by atoms with Crippen molar-refractivity contribution in [3.05, 3.63) is 59.4 Å². The number of piperazine rings is 1. The first-order chi connectivity index (χ1) is 17.5. The Kier molecular flexibility index (Phi) is 7.20. The van der Waals surface area contributed by atoms with E-state index >= 15 is 0 Å². The second-order valence-electron chi connectivity index (χ2n) is 9.99. The molecule has 2 heterocycles. The zero-order valence-corrected chi connectivity index (χ0v) is 20.5. The molecule has 1 N–H and O–H groups in total. The summed E-state index contributed by atoms with van der Waals surface area (Å²) in [6.07, 6.45) is 6.24. The highest BCUT2D eigenvalue weighted by molar-refractivity contribution is 6.06. The van der Waals surface area contributed by atoms with Crippen molar-refractivity contribution in [1.82, 2.24) is 9.80 Å². The maximum absolute atomic E-state index is 13.6. The second kappa shape index (κ2) is 10.7. The van der Waals surface area contributed by atoms with Gasteiger partial charge in [0.15, 0.2) is 0 Å². The van der Waals surface area contributed by atoms with E-state index in [1.807, 2.05) is 15.9 Å². The van der Waals surface area contributed by atoms with Gasteiger partial charge in [-0.15, -0.1) is 0 Å². The number of benzene rings is 2. The predicted octanol–water partition coefficient (Wildman–Crippen LogP) is 4.15. The van der Waals surface area contributed by atoms with Crippen molar-refractivity contribution in [3.8, 4) is 0 Å². The van der Waals surface area contributed by atoms with Crippen LogP contribution in [0.5, 0.6) is 0 Å². The molecule has 2 saturated heterocycles. The Bertz CT molecular complexity index is 1130. The van der Waals surface area contributed by atoms with Crippen LogP contribution in [0.1, 0.15) is 59.2 Å². The van der Waals surface area contributed by atoms with E-state index in [0.29, 0.717) is 37.4 Å². The van der Waals surface area contributed by atoms with Gasteiger partial charge in [0.1, 0.15) is 5.82 Å². The van der Waals surface area contributed by atoms with Gasteiger partial charge in [-0.05, 0) is 62.1 Å². The van der Waals surface area contributed by atoms with Crippen molar-refractivity contribution in [1.29, 1.82) is 0 Å². The van der Waals surface area contributed by atoms with E-state index in [-0.39, 0.29) is 23.3 Å². The quantitative estimate of drug-likeness (QED) is 0.681. The molecule has 1 aliphatic carbocycles. The minimum Gasteiger partial charge on any atom is -0.367 e. The Morgan fingerprint density at radius 1 is 0.806 bits per heavy atom. The molecular weight excluding hydrogens is 459 g/mol. The van der Waals surface area contributed by atoms with Gasteiger partial charge in [-0.3, -0.25) is 14.4 Å². The smallest absolute Gasteiger partial charge is 0.256 e. The highest BCUT2D eigenvalue weighted by atomic mass is 19.1. The monoisotopic (exact) mass is 492 g/mol. The molecule has 1 saturated carbocycles. The van der Waals surface area contributed by atoms with E-state index in [9.17, 15) is 18.8 Å². The second-order valence-corrected chi connectivity index (χ2v) is 9.99. The Hall–Kier alpha value is -3.42. The molecular formula is C28H33FN4O3. The van der Waals surface area contributed by atoms with Gasteiger partial charge in [-0.25, -0.2) is 4.39 Å². The maximum Gasteiger partial charge on any atom is 0.256 e. The van der Waals surface area contributed by atoms with Crippen LogP contribution in [-0.4, -0.2) is 66.8 Å². The van der Waals surface area contributed by atoms with Crippen LogP contribution < -0.4 is 10.2 Å². The molecule has 190 valence electrons. The number of amides is 3. The molecule has 0 aromatic heterocycles. The topological polar surface area (TPSA) is 73.0 Å². The number of carbonyl (C=O) groups is 3. The van der Waals surface area contributed by atoms with Crippen LogP contribution >= 0.6 is 0 Å². The number of anilines is 2. The van der Waals surface area contributed by atoms with E-state index in [1.165, 1.54) is 18.2 Å². The van der Waals surface area contributed by atoms with Crippen LogP contribution in [-0.2, 0) is 4.79 Å². The Labute approximate surface area is 211 Å². The number of hydrogen-bond acceptors (Lipinski definition) is 4. The molecule has 2 aromatic rings. The zero-order valence-electron chi connectivity index (χ0n) is 20.5. The van der Waals surface area contributed by atoms with Crippen molar-refractivity contribution in [2.45, 2.75) is 38.5 Å². The summed E-state index contributed by atoms with van der Waals surface area (Å²) in [5.74, 6) is -0.510. The SMILES string of the molecule is O=C(Nc1ccc(N2CCN(C(=O)C3CCCC3)CC2)c(C(=O)N2CCCC2)c1)c1cccc(F)c1. The van der Waals surface area contributed by atoms with Gasteiger partial charge in [0.05, 0.1) is 5.56 Å². The number of nitrogens with zero attached hydrogens (tertiary/aromatic N) is 3. The minimum atomic E-state index is -0.478. The normalized spacial score (nSPS) is 18.5. The molecule has 0 spiro atoms.